The minimum absolute atomic E-state index is 0.00889. The lowest BCUT2D eigenvalue weighted by Gasteiger charge is -2.34. The van der Waals surface area contributed by atoms with Crippen LogP contribution in [0, 0.1) is 0 Å². The van der Waals surface area contributed by atoms with Crippen LogP contribution in [0.2, 0.25) is 0 Å². The fourth-order valence-corrected chi connectivity index (χ4v) is 2.47. The molecule has 1 aliphatic rings. The van der Waals surface area contributed by atoms with Crippen LogP contribution >= 0.6 is 0 Å². The van der Waals surface area contributed by atoms with E-state index in [0.717, 1.165) is 19.6 Å². The highest BCUT2D eigenvalue weighted by Crippen LogP contribution is 2.14. The first kappa shape index (κ1) is 15.5. The third-order valence-electron chi connectivity index (χ3n) is 3.53. The number of nitrogens with zero attached hydrogens (tertiary/aromatic N) is 2. The number of hydrogen-bond donors (Lipinski definition) is 2. The van der Waals surface area contributed by atoms with Gasteiger partial charge in [0.15, 0.2) is 0 Å². The second kappa shape index (κ2) is 7.19. The molecule has 1 aliphatic heterocycles. The van der Waals surface area contributed by atoms with Gasteiger partial charge in [-0.15, -0.1) is 0 Å². The predicted octanol–water partition coefficient (Wildman–Crippen LogP) is 0.362. The van der Waals surface area contributed by atoms with Gasteiger partial charge < -0.3 is 16.0 Å². The number of nitrogens with one attached hydrogen (secondary N) is 1. The van der Waals surface area contributed by atoms with Gasteiger partial charge in [-0.2, -0.15) is 0 Å². The Morgan fingerprint density at radius 3 is 2.57 bits per heavy atom. The minimum Gasteiger partial charge on any atom is -0.336 e. The monoisotopic (exact) mass is 290 g/mol. The highest BCUT2D eigenvalue weighted by Gasteiger charge is 2.21. The molecule has 0 unspecified atom stereocenters. The van der Waals surface area contributed by atoms with Crippen molar-refractivity contribution >= 4 is 17.5 Å². The molecule has 0 spiro atoms. The summed E-state index contributed by atoms with van der Waals surface area (Å²) >= 11 is 0. The zero-order valence-corrected chi connectivity index (χ0v) is 12.3. The SMILES string of the molecule is CC(=O)Nc1cccc(C(=O)N2CCN(CCN)CC2)c1. The minimum atomic E-state index is -0.144. The summed E-state index contributed by atoms with van der Waals surface area (Å²) in [7, 11) is 0. The van der Waals surface area contributed by atoms with Crippen molar-refractivity contribution < 1.29 is 9.59 Å². The van der Waals surface area contributed by atoms with E-state index in [1.165, 1.54) is 6.92 Å². The van der Waals surface area contributed by atoms with Gasteiger partial charge in [0.2, 0.25) is 5.91 Å². The first-order valence-corrected chi connectivity index (χ1v) is 7.19. The summed E-state index contributed by atoms with van der Waals surface area (Å²) in [5.41, 5.74) is 6.80. The van der Waals surface area contributed by atoms with E-state index in [-0.39, 0.29) is 11.8 Å². The molecule has 6 heteroatoms. The zero-order valence-electron chi connectivity index (χ0n) is 12.3. The van der Waals surface area contributed by atoms with E-state index >= 15 is 0 Å². The Labute approximate surface area is 124 Å². The van der Waals surface area contributed by atoms with E-state index in [1.807, 2.05) is 4.90 Å². The van der Waals surface area contributed by atoms with Gasteiger partial charge in [-0.05, 0) is 18.2 Å². The van der Waals surface area contributed by atoms with Crippen molar-refractivity contribution in [2.24, 2.45) is 5.73 Å². The molecule has 0 atom stereocenters. The quantitative estimate of drug-likeness (QED) is 0.839. The zero-order chi connectivity index (χ0) is 15.2. The number of carbonyl (C=O) groups is 2. The normalized spacial score (nSPS) is 15.8. The molecule has 0 aromatic heterocycles. The fraction of sp³-hybridized carbons (Fsp3) is 0.467. The van der Waals surface area contributed by atoms with Crippen LogP contribution in [0.5, 0.6) is 0 Å². The van der Waals surface area contributed by atoms with Crippen molar-refractivity contribution in [3.8, 4) is 0 Å². The van der Waals surface area contributed by atoms with Crippen molar-refractivity contribution in [1.29, 1.82) is 0 Å². The summed E-state index contributed by atoms with van der Waals surface area (Å²) in [5, 5.41) is 2.69. The number of carbonyl (C=O) groups excluding carboxylic acids is 2. The van der Waals surface area contributed by atoms with E-state index in [0.29, 0.717) is 30.9 Å². The Kier molecular flexibility index (Phi) is 5.30. The molecule has 0 saturated carbocycles. The van der Waals surface area contributed by atoms with Crippen LogP contribution in [0.4, 0.5) is 5.69 Å². The molecule has 6 nitrogen and oxygen atoms in total. The molecule has 1 aromatic rings. The van der Waals surface area contributed by atoms with Crippen molar-refractivity contribution in [2.45, 2.75) is 6.92 Å². The molecule has 1 saturated heterocycles. The van der Waals surface area contributed by atoms with Gasteiger partial charge in [0.1, 0.15) is 0 Å². The largest absolute Gasteiger partial charge is 0.336 e. The topological polar surface area (TPSA) is 78.7 Å². The summed E-state index contributed by atoms with van der Waals surface area (Å²) in [6.07, 6.45) is 0. The molecule has 21 heavy (non-hydrogen) atoms. The Balaban J connectivity index is 1.99. The first-order valence-electron chi connectivity index (χ1n) is 7.19. The summed E-state index contributed by atoms with van der Waals surface area (Å²) in [5.74, 6) is -0.135. The Hall–Kier alpha value is -1.92. The molecule has 1 heterocycles. The number of hydrogen-bond acceptors (Lipinski definition) is 4. The van der Waals surface area contributed by atoms with Crippen LogP contribution in [0.3, 0.4) is 0 Å². The Morgan fingerprint density at radius 1 is 1.24 bits per heavy atom. The number of benzene rings is 1. The van der Waals surface area contributed by atoms with Crippen LogP contribution in [0.15, 0.2) is 24.3 Å². The molecule has 0 aliphatic carbocycles. The van der Waals surface area contributed by atoms with Gasteiger partial charge in [0.05, 0.1) is 0 Å². The maximum Gasteiger partial charge on any atom is 0.254 e. The summed E-state index contributed by atoms with van der Waals surface area (Å²) in [4.78, 5) is 27.7. The summed E-state index contributed by atoms with van der Waals surface area (Å²) in [6.45, 7) is 6.10. The molecule has 1 aromatic carbocycles. The standard InChI is InChI=1S/C15H22N4O2/c1-12(20)17-14-4-2-3-13(11-14)15(21)19-9-7-18(6-5-16)8-10-19/h2-4,11H,5-10,16H2,1H3,(H,17,20). The van der Waals surface area contributed by atoms with Crippen LogP contribution in [-0.2, 0) is 4.79 Å². The van der Waals surface area contributed by atoms with Gasteiger partial charge in [-0.3, -0.25) is 14.5 Å². The molecule has 114 valence electrons. The number of nitrogens with two attached hydrogens (primary N) is 1. The van der Waals surface area contributed by atoms with E-state index < -0.39 is 0 Å². The number of amides is 2. The lowest BCUT2D eigenvalue weighted by Crippen LogP contribution is -2.49. The van der Waals surface area contributed by atoms with Gasteiger partial charge >= 0.3 is 0 Å². The summed E-state index contributed by atoms with van der Waals surface area (Å²) in [6, 6.07) is 7.05. The second-order valence-electron chi connectivity index (χ2n) is 5.18. The molecule has 3 N–H and O–H groups in total. The lowest BCUT2D eigenvalue weighted by atomic mass is 10.1. The van der Waals surface area contributed by atoms with Crippen LogP contribution in [0.25, 0.3) is 0 Å². The fourth-order valence-electron chi connectivity index (χ4n) is 2.47. The average Bonchev–Trinajstić information content (AvgIpc) is 2.47. The molecule has 2 rings (SSSR count). The van der Waals surface area contributed by atoms with Crippen molar-refractivity contribution in [2.75, 3.05) is 44.6 Å². The van der Waals surface area contributed by atoms with Crippen molar-refractivity contribution in [3.63, 3.8) is 0 Å². The Bertz CT molecular complexity index is 510. The number of anilines is 1. The second-order valence-corrected chi connectivity index (χ2v) is 5.18. The molecule has 1 fully saturated rings. The molecule has 0 radical (unpaired) electrons. The van der Waals surface area contributed by atoms with Gasteiger partial charge in [-0.25, -0.2) is 0 Å². The van der Waals surface area contributed by atoms with E-state index in [9.17, 15) is 9.59 Å². The van der Waals surface area contributed by atoms with Crippen LogP contribution in [0.1, 0.15) is 17.3 Å². The maximum atomic E-state index is 12.5. The summed E-state index contributed by atoms with van der Waals surface area (Å²) < 4.78 is 0. The first-order chi connectivity index (χ1) is 10.1. The van der Waals surface area contributed by atoms with Gasteiger partial charge in [0, 0.05) is 57.4 Å². The number of piperazine rings is 1. The molecule has 0 bridgehead atoms. The highest BCUT2D eigenvalue weighted by molar-refractivity contribution is 5.96. The van der Waals surface area contributed by atoms with Crippen LogP contribution < -0.4 is 11.1 Å². The van der Waals surface area contributed by atoms with E-state index in [2.05, 4.69) is 10.2 Å². The lowest BCUT2D eigenvalue weighted by molar-refractivity contribution is -0.114. The van der Waals surface area contributed by atoms with Crippen LogP contribution in [-0.4, -0.2) is 60.9 Å². The van der Waals surface area contributed by atoms with E-state index in [1.54, 1.807) is 24.3 Å². The van der Waals surface area contributed by atoms with Gasteiger partial charge in [-0.1, -0.05) is 6.07 Å². The molecular formula is C15H22N4O2. The van der Waals surface area contributed by atoms with Gasteiger partial charge in [0.25, 0.3) is 5.91 Å². The predicted molar refractivity (Wildman–Crippen MR) is 82.1 cm³/mol. The smallest absolute Gasteiger partial charge is 0.254 e. The average molecular weight is 290 g/mol. The van der Waals surface area contributed by atoms with Crippen molar-refractivity contribution in [1.82, 2.24) is 9.80 Å². The van der Waals surface area contributed by atoms with Crippen molar-refractivity contribution in [3.05, 3.63) is 29.8 Å². The molecule has 2 amide bonds. The maximum absolute atomic E-state index is 12.5. The number of rotatable bonds is 4. The third-order valence-corrected chi connectivity index (χ3v) is 3.53. The van der Waals surface area contributed by atoms with E-state index in [4.69, 9.17) is 5.73 Å². The Morgan fingerprint density at radius 2 is 1.95 bits per heavy atom. The third kappa shape index (κ3) is 4.27. The molecular weight excluding hydrogens is 268 g/mol. The highest BCUT2D eigenvalue weighted by atomic mass is 16.2.